The first-order chi connectivity index (χ1) is 10.1. The number of nitrogens with one attached hydrogen (secondary N) is 2. The average molecular weight is 288 g/mol. The highest BCUT2D eigenvalue weighted by molar-refractivity contribution is 5.93. The van der Waals surface area contributed by atoms with Gasteiger partial charge in [-0.05, 0) is 32.4 Å². The maximum atomic E-state index is 12.2. The number of carbonyl (C=O) groups excluding carboxylic acids is 1. The van der Waals surface area contributed by atoms with Crippen LogP contribution in [0.1, 0.15) is 30.8 Å². The van der Waals surface area contributed by atoms with Crippen molar-refractivity contribution in [2.75, 3.05) is 13.1 Å². The summed E-state index contributed by atoms with van der Waals surface area (Å²) in [7, 11) is 0. The summed E-state index contributed by atoms with van der Waals surface area (Å²) in [6, 6.07) is 6.05. The van der Waals surface area contributed by atoms with E-state index in [9.17, 15) is 4.79 Å². The number of likely N-dealkylation sites (tertiary alicyclic amines) is 1. The van der Waals surface area contributed by atoms with Crippen molar-refractivity contribution in [2.24, 2.45) is 0 Å². The lowest BCUT2D eigenvalue weighted by Gasteiger charge is -2.20. The second kappa shape index (κ2) is 5.73. The third kappa shape index (κ3) is 3.00. The lowest BCUT2D eigenvalue weighted by Crippen LogP contribution is -2.38. The third-order valence-electron chi connectivity index (χ3n) is 3.88. The molecule has 3 heterocycles. The van der Waals surface area contributed by atoms with Crippen LogP contribution in [0.2, 0.25) is 0 Å². The number of H-pyrrole nitrogens is 1. The number of aromatic amines is 1. The van der Waals surface area contributed by atoms with Crippen LogP contribution in [0.5, 0.6) is 0 Å². The molecule has 0 radical (unpaired) electrons. The van der Waals surface area contributed by atoms with Gasteiger partial charge in [0, 0.05) is 31.2 Å². The lowest BCUT2D eigenvalue weighted by molar-refractivity contribution is 0.0931. The Morgan fingerprint density at radius 1 is 1.57 bits per heavy atom. The van der Waals surface area contributed by atoms with Crippen LogP contribution >= 0.6 is 0 Å². The predicted octanol–water partition coefficient (Wildman–Crippen LogP) is 1.88. The number of hydrogen-bond donors (Lipinski definition) is 2. The molecule has 1 saturated heterocycles. The minimum atomic E-state index is -0.139. The highest BCUT2D eigenvalue weighted by atomic mass is 16.3. The van der Waals surface area contributed by atoms with Crippen LogP contribution in [0.25, 0.3) is 11.5 Å². The molecule has 3 rings (SSSR count). The highest BCUT2D eigenvalue weighted by Crippen LogP contribution is 2.18. The van der Waals surface area contributed by atoms with Gasteiger partial charge in [-0.1, -0.05) is 0 Å². The van der Waals surface area contributed by atoms with Crippen molar-refractivity contribution in [3.63, 3.8) is 0 Å². The molecule has 21 heavy (non-hydrogen) atoms. The number of carbonyl (C=O) groups is 1. The molecule has 1 atom stereocenters. The van der Waals surface area contributed by atoms with Crippen molar-refractivity contribution in [1.29, 1.82) is 0 Å². The molecular weight excluding hydrogens is 268 g/mol. The SMILES string of the molecule is CC(C)N1CCC(NC(=O)c2cc(-c3ccco3)[nH]n2)C1. The van der Waals surface area contributed by atoms with E-state index >= 15 is 0 Å². The van der Waals surface area contributed by atoms with Crippen LogP contribution in [0, 0.1) is 0 Å². The maximum absolute atomic E-state index is 12.2. The monoisotopic (exact) mass is 288 g/mol. The zero-order valence-corrected chi connectivity index (χ0v) is 12.3. The number of amides is 1. The Labute approximate surface area is 123 Å². The molecule has 0 aromatic carbocycles. The molecule has 2 aromatic heterocycles. The molecule has 1 unspecified atom stereocenters. The molecule has 6 nitrogen and oxygen atoms in total. The van der Waals surface area contributed by atoms with Crippen molar-refractivity contribution in [3.8, 4) is 11.5 Å². The van der Waals surface area contributed by atoms with Gasteiger partial charge in [-0.2, -0.15) is 5.10 Å². The maximum Gasteiger partial charge on any atom is 0.272 e. The van der Waals surface area contributed by atoms with Crippen molar-refractivity contribution < 1.29 is 9.21 Å². The van der Waals surface area contributed by atoms with Gasteiger partial charge in [0.1, 0.15) is 5.69 Å². The summed E-state index contributed by atoms with van der Waals surface area (Å²) in [5.74, 6) is 0.535. The second-order valence-electron chi connectivity index (χ2n) is 5.69. The van der Waals surface area contributed by atoms with Crippen LogP contribution in [0.15, 0.2) is 28.9 Å². The molecule has 6 heteroatoms. The minimum absolute atomic E-state index is 0.139. The summed E-state index contributed by atoms with van der Waals surface area (Å²) in [5.41, 5.74) is 1.10. The van der Waals surface area contributed by atoms with Crippen LogP contribution in [-0.4, -0.2) is 46.2 Å². The summed E-state index contributed by atoms with van der Waals surface area (Å²) in [6.07, 6.45) is 2.58. The Hall–Kier alpha value is -2.08. The fraction of sp³-hybridized carbons (Fsp3) is 0.467. The Morgan fingerprint density at radius 2 is 2.43 bits per heavy atom. The molecule has 2 N–H and O–H groups in total. The van der Waals surface area contributed by atoms with E-state index in [0.717, 1.165) is 19.5 Å². The Kier molecular flexibility index (Phi) is 3.79. The van der Waals surface area contributed by atoms with Gasteiger partial charge in [-0.25, -0.2) is 0 Å². The summed E-state index contributed by atoms with van der Waals surface area (Å²) in [6.45, 7) is 6.28. The van der Waals surface area contributed by atoms with Gasteiger partial charge >= 0.3 is 0 Å². The highest BCUT2D eigenvalue weighted by Gasteiger charge is 2.26. The number of furan rings is 1. The normalized spacial score (nSPS) is 19.3. The molecule has 0 aliphatic carbocycles. The fourth-order valence-corrected chi connectivity index (χ4v) is 2.63. The Bertz CT molecular complexity index is 603. The van der Waals surface area contributed by atoms with Crippen molar-refractivity contribution in [2.45, 2.75) is 32.4 Å². The molecule has 0 bridgehead atoms. The van der Waals surface area contributed by atoms with E-state index in [1.807, 2.05) is 6.07 Å². The number of aromatic nitrogens is 2. The van der Waals surface area contributed by atoms with Gasteiger partial charge in [0.15, 0.2) is 11.5 Å². The topological polar surface area (TPSA) is 74.2 Å². The number of rotatable bonds is 4. The van der Waals surface area contributed by atoms with Gasteiger partial charge in [0.2, 0.25) is 0 Å². The summed E-state index contributed by atoms with van der Waals surface area (Å²) < 4.78 is 5.28. The lowest BCUT2D eigenvalue weighted by atomic mass is 10.2. The molecule has 1 fully saturated rings. The fourth-order valence-electron chi connectivity index (χ4n) is 2.63. The van der Waals surface area contributed by atoms with E-state index < -0.39 is 0 Å². The molecule has 1 aliphatic rings. The van der Waals surface area contributed by atoms with E-state index in [2.05, 4.69) is 34.3 Å². The van der Waals surface area contributed by atoms with Gasteiger partial charge < -0.3 is 9.73 Å². The summed E-state index contributed by atoms with van der Waals surface area (Å²) in [4.78, 5) is 14.6. The molecule has 1 aliphatic heterocycles. The average Bonchev–Trinajstić information content (AvgIpc) is 3.19. The standard InChI is InChI=1S/C15H20N4O2/c1-10(2)19-6-5-11(9-19)16-15(20)13-8-12(17-18-13)14-4-3-7-21-14/h3-4,7-8,10-11H,5-6,9H2,1-2H3,(H,16,20)(H,17,18). The van der Waals surface area contributed by atoms with Crippen LogP contribution in [-0.2, 0) is 0 Å². The first-order valence-corrected chi connectivity index (χ1v) is 7.27. The number of hydrogen-bond acceptors (Lipinski definition) is 4. The van der Waals surface area contributed by atoms with E-state index in [-0.39, 0.29) is 11.9 Å². The zero-order valence-electron chi connectivity index (χ0n) is 12.3. The van der Waals surface area contributed by atoms with Crippen molar-refractivity contribution >= 4 is 5.91 Å². The van der Waals surface area contributed by atoms with E-state index in [1.165, 1.54) is 0 Å². The Morgan fingerprint density at radius 3 is 3.10 bits per heavy atom. The van der Waals surface area contributed by atoms with E-state index in [4.69, 9.17) is 4.42 Å². The summed E-state index contributed by atoms with van der Waals surface area (Å²) in [5, 5.41) is 9.93. The molecule has 2 aromatic rings. The smallest absolute Gasteiger partial charge is 0.272 e. The van der Waals surface area contributed by atoms with Gasteiger partial charge in [0.05, 0.1) is 6.26 Å². The molecule has 1 amide bonds. The van der Waals surface area contributed by atoms with E-state index in [0.29, 0.717) is 23.2 Å². The van der Waals surface area contributed by atoms with Gasteiger partial charge in [-0.15, -0.1) is 0 Å². The number of nitrogens with zero attached hydrogens (tertiary/aromatic N) is 2. The Balaban J connectivity index is 1.61. The second-order valence-corrected chi connectivity index (χ2v) is 5.69. The first kappa shape index (κ1) is 13.9. The van der Waals surface area contributed by atoms with Crippen LogP contribution in [0.3, 0.4) is 0 Å². The third-order valence-corrected chi connectivity index (χ3v) is 3.88. The van der Waals surface area contributed by atoms with E-state index in [1.54, 1.807) is 18.4 Å². The van der Waals surface area contributed by atoms with Crippen molar-refractivity contribution in [3.05, 3.63) is 30.2 Å². The van der Waals surface area contributed by atoms with Crippen LogP contribution in [0.4, 0.5) is 0 Å². The van der Waals surface area contributed by atoms with Gasteiger partial charge in [-0.3, -0.25) is 14.8 Å². The molecule has 112 valence electrons. The molecular formula is C15H20N4O2. The predicted molar refractivity (Wildman–Crippen MR) is 78.9 cm³/mol. The largest absolute Gasteiger partial charge is 0.463 e. The first-order valence-electron chi connectivity index (χ1n) is 7.27. The quantitative estimate of drug-likeness (QED) is 0.901. The van der Waals surface area contributed by atoms with Crippen LogP contribution < -0.4 is 5.32 Å². The van der Waals surface area contributed by atoms with Crippen molar-refractivity contribution in [1.82, 2.24) is 20.4 Å². The van der Waals surface area contributed by atoms with Gasteiger partial charge in [0.25, 0.3) is 5.91 Å². The molecule has 0 spiro atoms. The minimum Gasteiger partial charge on any atom is -0.463 e. The summed E-state index contributed by atoms with van der Waals surface area (Å²) >= 11 is 0. The zero-order chi connectivity index (χ0) is 14.8. The molecule has 0 saturated carbocycles.